The number of aryl methyl sites for hydroxylation is 1. The Labute approximate surface area is 179 Å². The van der Waals surface area contributed by atoms with E-state index in [0.29, 0.717) is 53.3 Å². The minimum absolute atomic E-state index is 0.00623. The number of hydrogen-bond acceptors (Lipinski definition) is 4. The smallest absolute Gasteiger partial charge is 0.254 e. The molecule has 2 aromatic carbocycles. The van der Waals surface area contributed by atoms with Gasteiger partial charge in [0.15, 0.2) is 0 Å². The van der Waals surface area contributed by atoms with E-state index in [1.807, 2.05) is 24.3 Å². The number of carbonyl (C=O) groups excluding carboxylic acids is 2. The second kappa shape index (κ2) is 9.31. The Bertz CT molecular complexity index is 865. The van der Waals surface area contributed by atoms with Crippen LogP contribution in [0.25, 0.3) is 0 Å². The standard InChI is InChI=1S/C22H25BrN2O4/c1-4-15-5-7-16(8-6-15)21(26)24-9-11-25(12-10-24)22(27)17-13-18(28-2)20(23)19(14-17)29-3/h5-8,13-14H,4,9-12H2,1-3H3. The lowest BCUT2D eigenvalue weighted by Gasteiger charge is -2.35. The normalized spacial score (nSPS) is 13.9. The molecule has 7 heteroatoms. The maximum atomic E-state index is 13.0. The van der Waals surface area contributed by atoms with Crippen LogP contribution in [-0.4, -0.2) is 62.0 Å². The molecule has 0 saturated carbocycles. The van der Waals surface area contributed by atoms with E-state index in [0.717, 1.165) is 6.42 Å². The van der Waals surface area contributed by atoms with E-state index < -0.39 is 0 Å². The summed E-state index contributed by atoms with van der Waals surface area (Å²) in [6, 6.07) is 11.1. The molecule has 0 atom stereocenters. The Morgan fingerprint density at radius 1 is 0.862 bits per heavy atom. The SMILES string of the molecule is CCc1ccc(C(=O)N2CCN(C(=O)c3cc(OC)c(Br)c(OC)c3)CC2)cc1. The molecule has 1 saturated heterocycles. The number of amides is 2. The van der Waals surface area contributed by atoms with Crippen molar-refractivity contribution >= 4 is 27.7 Å². The van der Waals surface area contributed by atoms with E-state index in [1.54, 1.807) is 36.2 Å². The molecular weight excluding hydrogens is 436 g/mol. The van der Waals surface area contributed by atoms with Gasteiger partial charge in [0.25, 0.3) is 11.8 Å². The lowest BCUT2D eigenvalue weighted by Crippen LogP contribution is -2.50. The van der Waals surface area contributed by atoms with Crippen LogP contribution in [0.3, 0.4) is 0 Å². The Hall–Kier alpha value is -2.54. The zero-order valence-electron chi connectivity index (χ0n) is 16.9. The number of nitrogens with zero attached hydrogens (tertiary/aromatic N) is 2. The van der Waals surface area contributed by atoms with Crippen LogP contribution in [0, 0.1) is 0 Å². The van der Waals surface area contributed by atoms with Gasteiger partial charge in [-0.25, -0.2) is 0 Å². The summed E-state index contributed by atoms with van der Waals surface area (Å²) in [5.41, 5.74) is 2.39. The molecule has 1 aliphatic rings. The fourth-order valence-corrected chi connectivity index (χ4v) is 3.91. The van der Waals surface area contributed by atoms with Crippen LogP contribution in [0.1, 0.15) is 33.2 Å². The minimum Gasteiger partial charge on any atom is -0.495 e. The molecule has 0 unspecified atom stereocenters. The Balaban J connectivity index is 1.67. The fraction of sp³-hybridized carbons (Fsp3) is 0.364. The summed E-state index contributed by atoms with van der Waals surface area (Å²) in [5, 5.41) is 0. The van der Waals surface area contributed by atoms with Crippen LogP contribution in [0.4, 0.5) is 0 Å². The van der Waals surface area contributed by atoms with Gasteiger partial charge in [-0.3, -0.25) is 9.59 Å². The maximum absolute atomic E-state index is 13.0. The van der Waals surface area contributed by atoms with Gasteiger partial charge in [0.1, 0.15) is 16.0 Å². The number of methoxy groups -OCH3 is 2. The van der Waals surface area contributed by atoms with Crippen LogP contribution in [0.2, 0.25) is 0 Å². The van der Waals surface area contributed by atoms with E-state index in [9.17, 15) is 9.59 Å². The molecule has 0 aliphatic carbocycles. The van der Waals surface area contributed by atoms with Crippen molar-refractivity contribution in [2.24, 2.45) is 0 Å². The molecule has 0 radical (unpaired) electrons. The van der Waals surface area contributed by atoms with Crippen molar-refractivity contribution in [3.05, 3.63) is 57.6 Å². The quantitative estimate of drug-likeness (QED) is 0.683. The van der Waals surface area contributed by atoms with Crippen LogP contribution in [-0.2, 0) is 6.42 Å². The largest absolute Gasteiger partial charge is 0.495 e. The number of rotatable bonds is 5. The van der Waals surface area contributed by atoms with Crippen LogP contribution < -0.4 is 9.47 Å². The predicted molar refractivity (Wildman–Crippen MR) is 115 cm³/mol. The van der Waals surface area contributed by atoms with Gasteiger partial charge >= 0.3 is 0 Å². The first-order chi connectivity index (χ1) is 14.0. The number of hydrogen-bond donors (Lipinski definition) is 0. The van der Waals surface area contributed by atoms with Crippen LogP contribution in [0.15, 0.2) is 40.9 Å². The van der Waals surface area contributed by atoms with E-state index >= 15 is 0 Å². The topological polar surface area (TPSA) is 59.1 Å². The summed E-state index contributed by atoms with van der Waals surface area (Å²) in [6.45, 7) is 4.07. The number of halogens is 1. The van der Waals surface area contributed by atoms with E-state index in [4.69, 9.17) is 9.47 Å². The highest BCUT2D eigenvalue weighted by Crippen LogP contribution is 2.36. The third-order valence-electron chi connectivity index (χ3n) is 5.16. The third-order valence-corrected chi connectivity index (χ3v) is 5.94. The maximum Gasteiger partial charge on any atom is 0.254 e. The van der Waals surface area contributed by atoms with Crippen molar-refractivity contribution in [1.29, 1.82) is 0 Å². The summed E-state index contributed by atoms with van der Waals surface area (Å²) in [6.07, 6.45) is 0.945. The first-order valence-electron chi connectivity index (χ1n) is 9.57. The molecule has 1 heterocycles. The average molecular weight is 461 g/mol. The number of piperazine rings is 1. The van der Waals surface area contributed by atoms with Crippen molar-refractivity contribution in [1.82, 2.24) is 9.80 Å². The van der Waals surface area contributed by atoms with Crippen molar-refractivity contribution in [2.45, 2.75) is 13.3 Å². The number of ether oxygens (including phenoxy) is 2. The molecular formula is C22H25BrN2O4. The predicted octanol–water partition coefficient (Wildman–Crippen LogP) is 3.63. The van der Waals surface area contributed by atoms with Crippen LogP contribution in [0.5, 0.6) is 11.5 Å². The summed E-state index contributed by atoms with van der Waals surface area (Å²) < 4.78 is 11.3. The Morgan fingerprint density at radius 3 is 1.72 bits per heavy atom. The van der Waals surface area contributed by atoms with Gasteiger partial charge in [-0.2, -0.15) is 0 Å². The molecule has 0 aromatic heterocycles. The summed E-state index contributed by atoms with van der Waals surface area (Å²) >= 11 is 3.42. The number of carbonyl (C=O) groups is 2. The lowest BCUT2D eigenvalue weighted by atomic mass is 10.1. The molecule has 0 spiro atoms. The van der Waals surface area contributed by atoms with Crippen LogP contribution >= 0.6 is 15.9 Å². The van der Waals surface area contributed by atoms with Crippen molar-refractivity contribution < 1.29 is 19.1 Å². The summed E-state index contributed by atoms with van der Waals surface area (Å²) in [5.74, 6) is 0.981. The first kappa shape index (κ1) is 21.2. The van der Waals surface area contributed by atoms with Gasteiger partial charge in [-0.15, -0.1) is 0 Å². The molecule has 2 aromatic rings. The highest BCUT2D eigenvalue weighted by molar-refractivity contribution is 9.10. The van der Waals surface area contributed by atoms with Gasteiger partial charge in [0.2, 0.25) is 0 Å². The Kier molecular flexibility index (Phi) is 6.79. The van der Waals surface area contributed by atoms with Gasteiger partial charge < -0.3 is 19.3 Å². The number of benzene rings is 2. The molecule has 1 aliphatic heterocycles. The van der Waals surface area contributed by atoms with Gasteiger partial charge in [-0.05, 0) is 52.2 Å². The molecule has 29 heavy (non-hydrogen) atoms. The first-order valence-corrected chi connectivity index (χ1v) is 10.4. The van der Waals surface area contributed by atoms with Crippen molar-refractivity contribution in [2.75, 3.05) is 40.4 Å². The van der Waals surface area contributed by atoms with Gasteiger partial charge in [0.05, 0.1) is 14.2 Å². The van der Waals surface area contributed by atoms with E-state index in [1.165, 1.54) is 5.56 Å². The molecule has 0 bridgehead atoms. The van der Waals surface area contributed by atoms with E-state index in [2.05, 4.69) is 22.9 Å². The average Bonchev–Trinajstić information content (AvgIpc) is 2.78. The molecule has 3 rings (SSSR count). The third kappa shape index (κ3) is 4.56. The van der Waals surface area contributed by atoms with Crippen molar-refractivity contribution in [3.63, 3.8) is 0 Å². The molecule has 154 valence electrons. The monoisotopic (exact) mass is 460 g/mol. The molecule has 2 amide bonds. The Morgan fingerprint density at radius 2 is 1.31 bits per heavy atom. The second-order valence-corrected chi connectivity index (χ2v) is 7.62. The van der Waals surface area contributed by atoms with Crippen molar-refractivity contribution in [3.8, 4) is 11.5 Å². The zero-order chi connectivity index (χ0) is 21.0. The highest BCUT2D eigenvalue weighted by atomic mass is 79.9. The minimum atomic E-state index is -0.103. The molecule has 1 fully saturated rings. The fourth-order valence-electron chi connectivity index (χ4n) is 3.35. The summed E-state index contributed by atoms with van der Waals surface area (Å²) in [7, 11) is 3.09. The van der Waals surface area contributed by atoms with Gasteiger partial charge in [-0.1, -0.05) is 19.1 Å². The van der Waals surface area contributed by atoms with Gasteiger partial charge in [0, 0.05) is 37.3 Å². The zero-order valence-corrected chi connectivity index (χ0v) is 18.5. The summed E-state index contributed by atoms with van der Waals surface area (Å²) in [4.78, 5) is 29.3. The highest BCUT2D eigenvalue weighted by Gasteiger charge is 2.26. The molecule has 0 N–H and O–H groups in total. The lowest BCUT2D eigenvalue weighted by molar-refractivity contribution is 0.0535. The second-order valence-electron chi connectivity index (χ2n) is 6.83. The van der Waals surface area contributed by atoms with E-state index in [-0.39, 0.29) is 11.8 Å². The molecule has 6 nitrogen and oxygen atoms in total.